The van der Waals surface area contributed by atoms with Gasteiger partial charge in [0, 0.05) is 0 Å². The van der Waals surface area contributed by atoms with Crippen LogP contribution in [0.15, 0.2) is 12.7 Å². The zero-order chi connectivity index (χ0) is 14.9. The first-order valence-corrected chi connectivity index (χ1v) is 9.12. The highest BCUT2D eigenvalue weighted by Crippen LogP contribution is 2.13. The molecule has 0 aliphatic heterocycles. The summed E-state index contributed by atoms with van der Waals surface area (Å²) < 4.78 is 0. The zero-order valence-corrected chi connectivity index (χ0v) is 13.9. The van der Waals surface area contributed by atoms with E-state index in [1.807, 2.05) is 0 Å². The first-order valence-electron chi connectivity index (χ1n) is 9.12. The van der Waals surface area contributed by atoms with Crippen LogP contribution in [0, 0.1) is 0 Å². The Morgan fingerprint density at radius 1 is 0.700 bits per heavy atom. The van der Waals surface area contributed by atoms with Crippen molar-refractivity contribution in [1.82, 2.24) is 0 Å². The molecule has 1 atom stereocenters. The van der Waals surface area contributed by atoms with Crippen LogP contribution in [0.25, 0.3) is 0 Å². The van der Waals surface area contributed by atoms with Crippen molar-refractivity contribution in [3.05, 3.63) is 12.7 Å². The Hall–Kier alpha value is -0.300. The minimum Gasteiger partial charge on any atom is -0.389 e. The molecule has 0 heterocycles. The molecule has 0 amide bonds. The van der Waals surface area contributed by atoms with E-state index in [1.165, 1.54) is 83.5 Å². The van der Waals surface area contributed by atoms with Gasteiger partial charge in [-0.3, -0.25) is 0 Å². The van der Waals surface area contributed by atoms with E-state index in [2.05, 4.69) is 13.5 Å². The van der Waals surface area contributed by atoms with Crippen LogP contribution in [0.2, 0.25) is 0 Å². The molecule has 0 aromatic carbocycles. The summed E-state index contributed by atoms with van der Waals surface area (Å²) in [6, 6.07) is 0. The molecule has 1 heteroatoms. The monoisotopic (exact) mass is 282 g/mol. The number of unbranched alkanes of at least 4 members (excludes halogenated alkanes) is 13. The molecule has 120 valence electrons. The fourth-order valence-electron chi connectivity index (χ4n) is 2.67. The first kappa shape index (κ1) is 19.7. The van der Waals surface area contributed by atoms with Crippen molar-refractivity contribution in [2.75, 3.05) is 0 Å². The fourth-order valence-corrected chi connectivity index (χ4v) is 2.67. The van der Waals surface area contributed by atoms with Gasteiger partial charge in [-0.25, -0.2) is 0 Å². The maximum absolute atomic E-state index is 9.33. The van der Waals surface area contributed by atoms with Gasteiger partial charge in [0.1, 0.15) is 0 Å². The lowest BCUT2D eigenvalue weighted by atomic mass is 10.0. The second-order valence-electron chi connectivity index (χ2n) is 6.19. The molecule has 20 heavy (non-hydrogen) atoms. The summed E-state index contributed by atoms with van der Waals surface area (Å²) >= 11 is 0. The van der Waals surface area contributed by atoms with Gasteiger partial charge in [0.05, 0.1) is 6.10 Å². The molecule has 0 rings (SSSR count). The summed E-state index contributed by atoms with van der Waals surface area (Å²) in [5.41, 5.74) is 0. The molecule has 1 N–H and O–H groups in total. The standard InChI is InChI=1S/C19H38O/c1-3-5-6-7-8-9-10-11-12-13-14-15-16-17-18-19(20)4-2/h4,19-20H,2-3,5-18H2,1H3. The summed E-state index contributed by atoms with van der Waals surface area (Å²) in [6.07, 6.45) is 21.6. The third-order valence-electron chi connectivity index (χ3n) is 4.13. The van der Waals surface area contributed by atoms with Gasteiger partial charge < -0.3 is 5.11 Å². The van der Waals surface area contributed by atoms with Crippen molar-refractivity contribution < 1.29 is 5.11 Å². The van der Waals surface area contributed by atoms with Crippen LogP contribution in [-0.4, -0.2) is 11.2 Å². The van der Waals surface area contributed by atoms with Crippen molar-refractivity contribution in [1.29, 1.82) is 0 Å². The third-order valence-corrected chi connectivity index (χ3v) is 4.13. The average Bonchev–Trinajstić information content (AvgIpc) is 2.47. The van der Waals surface area contributed by atoms with Gasteiger partial charge in [-0.1, -0.05) is 103 Å². The lowest BCUT2D eigenvalue weighted by molar-refractivity contribution is 0.208. The topological polar surface area (TPSA) is 20.2 Å². The molecule has 0 saturated heterocycles. The Morgan fingerprint density at radius 2 is 1.05 bits per heavy atom. The second kappa shape index (κ2) is 16.8. The van der Waals surface area contributed by atoms with Gasteiger partial charge in [0.25, 0.3) is 0 Å². The van der Waals surface area contributed by atoms with Crippen LogP contribution in [0.3, 0.4) is 0 Å². The summed E-state index contributed by atoms with van der Waals surface area (Å²) in [5, 5.41) is 9.33. The summed E-state index contributed by atoms with van der Waals surface area (Å²) in [7, 11) is 0. The van der Waals surface area contributed by atoms with Crippen molar-refractivity contribution in [3.63, 3.8) is 0 Å². The van der Waals surface area contributed by atoms with E-state index < -0.39 is 0 Å². The van der Waals surface area contributed by atoms with Gasteiger partial charge in [-0.05, 0) is 6.42 Å². The third kappa shape index (κ3) is 15.8. The molecule has 0 aromatic heterocycles. The first-order chi connectivity index (χ1) is 9.81. The van der Waals surface area contributed by atoms with Crippen molar-refractivity contribution in [3.8, 4) is 0 Å². The Morgan fingerprint density at radius 3 is 1.40 bits per heavy atom. The Balaban J connectivity index is 2.97. The van der Waals surface area contributed by atoms with Crippen LogP contribution in [0.4, 0.5) is 0 Å². The minimum atomic E-state index is -0.285. The highest BCUT2D eigenvalue weighted by atomic mass is 16.3. The normalized spacial score (nSPS) is 12.5. The van der Waals surface area contributed by atoms with E-state index in [9.17, 15) is 5.11 Å². The van der Waals surface area contributed by atoms with E-state index in [-0.39, 0.29) is 6.10 Å². The van der Waals surface area contributed by atoms with Gasteiger partial charge >= 0.3 is 0 Å². The van der Waals surface area contributed by atoms with Crippen LogP contribution in [-0.2, 0) is 0 Å². The van der Waals surface area contributed by atoms with E-state index in [0.717, 1.165) is 12.8 Å². The largest absolute Gasteiger partial charge is 0.389 e. The molecule has 0 bridgehead atoms. The van der Waals surface area contributed by atoms with E-state index in [4.69, 9.17) is 0 Å². The molecule has 0 aliphatic carbocycles. The summed E-state index contributed by atoms with van der Waals surface area (Å²) in [5.74, 6) is 0. The molecule has 1 unspecified atom stereocenters. The SMILES string of the molecule is C=CC(O)CCCCCCCCCCCCCCCC. The Labute approximate surface area is 127 Å². The van der Waals surface area contributed by atoms with Gasteiger partial charge in [-0.2, -0.15) is 0 Å². The number of rotatable bonds is 16. The van der Waals surface area contributed by atoms with Crippen LogP contribution >= 0.6 is 0 Å². The summed E-state index contributed by atoms with van der Waals surface area (Å²) in [6.45, 7) is 5.87. The van der Waals surface area contributed by atoms with Crippen LogP contribution < -0.4 is 0 Å². The molecule has 0 aromatic rings. The number of aliphatic hydroxyl groups excluding tert-OH is 1. The fraction of sp³-hybridized carbons (Fsp3) is 0.895. The predicted octanol–water partition coefficient (Wildman–Crippen LogP) is 6.40. The quantitative estimate of drug-likeness (QED) is 0.256. The van der Waals surface area contributed by atoms with Gasteiger partial charge in [-0.15, -0.1) is 6.58 Å². The van der Waals surface area contributed by atoms with E-state index in [1.54, 1.807) is 6.08 Å². The van der Waals surface area contributed by atoms with Crippen molar-refractivity contribution in [2.24, 2.45) is 0 Å². The maximum Gasteiger partial charge on any atom is 0.0718 e. The second-order valence-corrected chi connectivity index (χ2v) is 6.19. The molecule has 0 saturated carbocycles. The number of hydrogen-bond donors (Lipinski definition) is 1. The van der Waals surface area contributed by atoms with Crippen LogP contribution in [0.1, 0.15) is 103 Å². The van der Waals surface area contributed by atoms with Crippen molar-refractivity contribution in [2.45, 2.75) is 109 Å². The number of hydrogen-bond acceptors (Lipinski definition) is 1. The Kier molecular flexibility index (Phi) is 16.5. The highest BCUT2D eigenvalue weighted by molar-refractivity contribution is 4.77. The number of aliphatic hydroxyl groups is 1. The minimum absolute atomic E-state index is 0.285. The molecule has 0 aliphatic rings. The Bertz CT molecular complexity index is 188. The molecule has 0 spiro atoms. The summed E-state index contributed by atoms with van der Waals surface area (Å²) in [4.78, 5) is 0. The maximum atomic E-state index is 9.33. The lowest BCUT2D eigenvalue weighted by Gasteiger charge is -2.05. The van der Waals surface area contributed by atoms with E-state index in [0.29, 0.717) is 0 Å². The van der Waals surface area contributed by atoms with E-state index >= 15 is 0 Å². The predicted molar refractivity (Wildman–Crippen MR) is 91.1 cm³/mol. The average molecular weight is 283 g/mol. The van der Waals surface area contributed by atoms with Gasteiger partial charge in [0.15, 0.2) is 0 Å². The molecule has 0 radical (unpaired) electrons. The zero-order valence-electron chi connectivity index (χ0n) is 13.9. The van der Waals surface area contributed by atoms with Crippen LogP contribution in [0.5, 0.6) is 0 Å². The highest BCUT2D eigenvalue weighted by Gasteiger charge is 1.97. The molecule has 0 fully saturated rings. The lowest BCUT2D eigenvalue weighted by Crippen LogP contribution is -2.00. The van der Waals surface area contributed by atoms with Crippen molar-refractivity contribution >= 4 is 0 Å². The van der Waals surface area contributed by atoms with Gasteiger partial charge in [0.2, 0.25) is 0 Å². The molecular formula is C19H38O. The molecular weight excluding hydrogens is 244 g/mol. The smallest absolute Gasteiger partial charge is 0.0718 e. The molecule has 1 nitrogen and oxygen atoms in total.